The molecule has 3 aromatic rings. The Morgan fingerprint density at radius 2 is 1.39 bits per heavy atom. The van der Waals surface area contributed by atoms with Crippen LogP contribution in [-0.4, -0.2) is 52.9 Å². The van der Waals surface area contributed by atoms with Crippen LogP contribution in [0.2, 0.25) is 0 Å². The highest BCUT2D eigenvalue weighted by molar-refractivity contribution is 7.18. The number of hydrogen-bond acceptors (Lipinski definition) is 6. The van der Waals surface area contributed by atoms with Crippen molar-refractivity contribution in [3.63, 3.8) is 0 Å². The predicted molar refractivity (Wildman–Crippen MR) is 122 cm³/mol. The predicted octanol–water partition coefficient (Wildman–Crippen LogP) is 3.72. The summed E-state index contributed by atoms with van der Waals surface area (Å²) in [7, 11) is 2.09. The van der Waals surface area contributed by atoms with Gasteiger partial charge in [-0.3, -0.25) is 0 Å². The standard InChI is InChI=1S/C24H28NO5S/c1-25-20-4-2-3-5-23(20)31-24(25)9-7-19-6-8-21-22(18-19)30-17-15-28-13-11-26-10-12-27-14-16-29-21/h2-9,18H,10-17H2,1H3/q+1/b9-7+. The van der Waals surface area contributed by atoms with Crippen molar-refractivity contribution in [3.8, 4) is 11.5 Å². The Hall–Kier alpha value is -2.45. The minimum Gasteiger partial charge on any atom is -0.487 e. The molecule has 0 amide bonds. The van der Waals surface area contributed by atoms with Gasteiger partial charge in [0.1, 0.15) is 25.0 Å². The van der Waals surface area contributed by atoms with Gasteiger partial charge in [-0.15, -0.1) is 0 Å². The normalized spacial score (nSPS) is 16.8. The molecule has 0 fully saturated rings. The molecule has 0 radical (unpaired) electrons. The Morgan fingerprint density at radius 1 is 0.742 bits per heavy atom. The summed E-state index contributed by atoms with van der Waals surface area (Å²) in [6.07, 6.45) is 4.23. The fourth-order valence-electron chi connectivity index (χ4n) is 3.26. The molecule has 0 saturated heterocycles. The zero-order valence-corrected chi connectivity index (χ0v) is 18.6. The van der Waals surface area contributed by atoms with Gasteiger partial charge < -0.3 is 23.7 Å². The van der Waals surface area contributed by atoms with Crippen molar-refractivity contribution in [2.45, 2.75) is 0 Å². The Bertz CT molecular complexity index is 1020. The lowest BCUT2D eigenvalue weighted by Gasteiger charge is -2.13. The average molecular weight is 443 g/mol. The van der Waals surface area contributed by atoms with E-state index in [0.717, 1.165) is 5.56 Å². The van der Waals surface area contributed by atoms with Crippen LogP contribution in [0.5, 0.6) is 11.5 Å². The first-order valence-corrected chi connectivity index (χ1v) is 11.3. The molecule has 0 unspecified atom stereocenters. The van der Waals surface area contributed by atoms with E-state index in [9.17, 15) is 0 Å². The molecule has 1 aliphatic heterocycles. The molecule has 0 bridgehead atoms. The van der Waals surface area contributed by atoms with Crippen LogP contribution in [0, 0.1) is 0 Å². The number of thiazole rings is 1. The SMILES string of the molecule is C[n+]1c(/C=C/c2ccc3c(c2)OCCOCCOCCOCCO3)sc2ccccc21. The van der Waals surface area contributed by atoms with Crippen molar-refractivity contribution in [1.29, 1.82) is 0 Å². The van der Waals surface area contributed by atoms with Crippen molar-refractivity contribution in [3.05, 3.63) is 53.0 Å². The summed E-state index contributed by atoms with van der Waals surface area (Å²) in [5.74, 6) is 1.41. The van der Waals surface area contributed by atoms with Gasteiger partial charge in [0.15, 0.2) is 11.5 Å². The van der Waals surface area contributed by atoms with E-state index in [1.807, 2.05) is 18.2 Å². The van der Waals surface area contributed by atoms with E-state index in [0.29, 0.717) is 64.4 Å². The van der Waals surface area contributed by atoms with Gasteiger partial charge in [-0.2, -0.15) is 4.57 Å². The van der Waals surface area contributed by atoms with Crippen LogP contribution in [0.4, 0.5) is 0 Å². The average Bonchev–Trinajstić information content (AvgIpc) is 3.11. The van der Waals surface area contributed by atoms with Gasteiger partial charge in [0.05, 0.1) is 39.6 Å². The van der Waals surface area contributed by atoms with E-state index >= 15 is 0 Å². The van der Waals surface area contributed by atoms with Crippen LogP contribution in [0.15, 0.2) is 42.5 Å². The first-order valence-electron chi connectivity index (χ1n) is 10.5. The molecule has 1 aliphatic rings. The van der Waals surface area contributed by atoms with Crippen molar-refractivity contribution >= 4 is 33.7 Å². The number of benzene rings is 2. The molecule has 2 heterocycles. The summed E-state index contributed by atoms with van der Waals surface area (Å²) in [6.45, 7) is 4.11. The quantitative estimate of drug-likeness (QED) is 0.566. The molecular weight excluding hydrogens is 414 g/mol. The summed E-state index contributed by atoms with van der Waals surface area (Å²) in [5.41, 5.74) is 2.28. The smallest absolute Gasteiger partial charge is 0.262 e. The number of hydrogen-bond donors (Lipinski definition) is 0. The van der Waals surface area contributed by atoms with Crippen molar-refractivity contribution in [2.24, 2.45) is 7.05 Å². The van der Waals surface area contributed by atoms with Crippen LogP contribution in [0.1, 0.15) is 10.6 Å². The van der Waals surface area contributed by atoms with Gasteiger partial charge in [-0.25, -0.2) is 0 Å². The second-order valence-corrected chi connectivity index (χ2v) is 8.10. The molecule has 0 atom stereocenters. The first kappa shape index (κ1) is 21.8. The van der Waals surface area contributed by atoms with Gasteiger partial charge in [0.2, 0.25) is 5.52 Å². The van der Waals surface area contributed by atoms with E-state index in [-0.39, 0.29) is 0 Å². The van der Waals surface area contributed by atoms with Crippen LogP contribution in [0.25, 0.3) is 22.4 Å². The molecule has 1 aromatic heterocycles. The third kappa shape index (κ3) is 6.04. The molecule has 0 saturated carbocycles. The molecule has 164 valence electrons. The monoisotopic (exact) mass is 442 g/mol. The zero-order valence-electron chi connectivity index (χ0n) is 17.7. The summed E-state index contributed by atoms with van der Waals surface area (Å²) in [6, 6.07) is 14.4. The van der Waals surface area contributed by atoms with E-state index in [1.54, 1.807) is 11.3 Å². The lowest BCUT2D eigenvalue weighted by molar-refractivity contribution is -0.642. The fourth-order valence-corrected chi connectivity index (χ4v) is 4.31. The number of aromatic nitrogens is 1. The summed E-state index contributed by atoms with van der Waals surface area (Å²) < 4.78 is 31.8. The maximum absolute atomic E-state index is 5.96. The molecule has 4 rings (SSSR count). The Morgan fingerprint density at radius 3 is 2.10 bits per heavy atom. The molecule has 0 spiro atoms. The molecule has 7 heteroatoms. The van der Waals surface area contributed by atoms with Crippen LogP contribution < -0.4 is 14.0 Å². The number of nitrogens with zero attached hydrogens (tertiary/aromatic N) is 1. The maximum atomic E-state index is 5.96. The second kappa shape index (κ2) is 11.2. The van der Waals surface area contributed by atoms with Crippen LogP contribution in [-0.2, 0) is 21.3 Å². The highest BCUT2D eigenvalue weighted by Crippen LogP contribution is 2.30. The van der Waals surface area contributed by atoms with Crippen LogP contribution in [0.3, 0.4) is 0 Å². The highest BCUT2D eigenvalue weighted by atomic mass is 32.1. The fraction of sp³-hybridized carbons (Fsp3) is 0.375. The number of fused-ring (bicyclic) bond motifs is 2. The van der Waals surface area contributed by atoms with Crippen molar-refractivity contribution in [2.75, 3.05) is 52.9 Å². The molecule has 31 heavy (non-hydrogen) atoms. The number of ether oxygens (including phenoxy) is 5. The molecule has 2 aromatic carbocycles. The second-order valence-electron chi connectivity index (χ2n) is 7.04. The molecule has 0 N–H and O–H groups in total. The third-order valence-electron chi connectivity index (χ3n) is 4.87. The van der Waals surface area contributed by atoms with E-state index < -0.39 is 0 Å². The Kier molecular flexibility index (Phi) is 7.90. The first-order chi connectivity index (χ1) is 15.3. The van der Waals surface area contributed by atoms with Gasteiger partial charge in [-0.1, -0.05) is 29.5 Å². The van der Waals surface area contributed by atoms with Gasteiger partial charge in [-0.05, 0) is 29.8 Å². The van der Waals surface area contributed by atoms with Crippen molar-refractivity contribution < 1.29 is 28.3 Å². The zero-order chi connectivity index (χ0) is 21.3. The van der Waals surface area contributed by atoms with E-state index in [4.69, 9.17) is 23.7 Å². The molecule has 0 aliphatic carbocycles. The van der Waals surface area contributed by atoms with Crippen molar-refractivity contribution in [1.82, 2.24) is 0 Å². The minimum absolute atomic E-state index is 0.450. The lowest BCUT2D eigenvalue weighted by atomic mass is 10.2. The Balaban J connectivity index is 1.49. The van der Waals surface area contributed by atoms with E-state index in [2.05, 4.69) is 48.0 Å². The van der Waals surface area contributed by atoms with Gasteiger partial charge in [0, 0.05) is 12.1 Å². The number of aryl methyl sites for hydroxylation is 1. The maximum Gasteiger partial charge on any atom is 0.262 e. The minimum atomic E-state index is 0.450. The van der Waals surface area contributed by atoms with Gasteiger partial charge >= 0.3 is 0 Å². The molecular formula is C24H28NO5S+. The van der Waals surface area contributed by atoms with Gasteiger partial charge in [0.25, 0.3) is 5.01 Å². The Labute approximate surface area is 186 Å². The summed E-state index contributed by atoms with van der Waals surface area (Å²) in [5, 5.41) is 1.18. The topological polar surface area (TPSA) is 50.0 Å². The lowest BCUT2D eigenvalue weighted by Crippen LogP contribution is -2.28. The number of rotatable bonds is 2. The van der Waals surface area contributed by atoms with Crippen LogP contribution >= 0.6 is 11.3 Å². The van der Waals surface area contributed by atoms with E-state index in [1.165, 1.54) is 15.2 Å². The summed E-state index contributed by atoms with van der Waals surface area (Å²) in [4.78, 5) is 0. The largest absolute Gasteiger partial charge is 0.487 e. The third-order valence-corrected chi connectivity index (χ3v) is 6.06. The molecule has 6 nitrogen and oxygen atoms in total. The summed E-state index contributed by atoms with van der Waals surface area (Å²) >= 11 is 1.77. The number of para-hydroxylation sites is 1. The highest BCUT2D eigenvalue weighted by Gasteiger charge is 2.13.